The normalized spacial score (nSPS) is 42.0. The predicted molar refractivity (Wildman–Crippen MR) is 51.8 cm³/mol. The average molecular weight is 198 g/mol. The molecule has 1 heterocycles. The highest BCUT2D eigenvalue weighted by Crippen LogP contribution is 2.39. The summed E-state index contributed by atoms with van der Waals surface area (Å²) in [6, 6.07) is 0. The Kier molecular flexibility index (Phi) is 2.77. The monoisotopic (exact) mass is 198 g/mol. The summed E-state index contributed by atoms with van der Waals surface area (Å²) in [5.41, 5.74) is 0. The highest BCUT2D eigenvalue weighted by atomic mass is 16.6. The summed E-state index contributed by atoms with van der Waals surface area (Å²) >= 11 is 0. The first kappa shape index (κ1) is 9.97. The quantitative estimate of drug-likeness (QED) is 0.634. The summed E-state index contributed by atoms with van der Waals surface area (Å²) in [7, 11) is 0. The van der Waals surface area contributed by atoms with Crippen molar-refractivity contribution in [3.05, 3.63) is 0 Å². The van der Waals surface area contributed by atoms with Crippen molar-refractivity contribution in [1.82, 2.24) is 0 Å². The first-order valence-corrected chi connectivity index (χ1v) is 5.51. The van der Waals surface area contributed by atoms with Crippen molar-refractivity contribution < 1.29 is 14.3 Å². The standard InChI is InChI=1S/C11H18O3/c1-3-13-9-5-7(2)4-8-6-10(12)14-11(8)9/h7-9,11H,3-6H2,1-2H3/t7-,8-,9+,11+/m0/s1. The van der Waals surface area contributed by atoms with Crippen LogP contribution in [0.15, 0.2) is 0 Å². The van der Waals surface area contributed by atoms with Gasteiger partial charge in [-0.05, 0) is 25.7 Å². The Balaban J connectivity index is 2.05. The number of fused-ring (bicyclic) bond motifs is 1. The van der Waals surface area contributed by atoms with Crippen LogP contribution in [0, 0.1) is 11.8 Å². The van der Waals surface area contributed by atoms with E-state index in [0.717, 1.165) is 12.8 Å². The van der Waals surface area contributed by atoms with Crippen molar-refractivity contribution in [3.63, 3.8) is 0 Å². The third-order valence-electron chi connectivity index (χ3n) is 3.25. The Labute approximate surface area is 84.8 Å². The zero-order valence-electron chi connectivity index (χ0n) is 8.86. The van der Waals surface area contributed by atoms with Crippen LogP contribution in [-0.4, -0.2) is 24.8 Å². The highest BCUT2D eigenvalue weighted by Gasteiger charge is 2.44. The number of carbonyl (C=O) groups is 1. The first-order valence-electron chi connectivity index (χ1n) is 5.51. The maximum atomic E-state index is 11.2. The number of rotatable bonds is 2. The van der Waals surface area contributed by atoms with E-state index in [2.05, 4.69) is 6.92 Å². The zero-order valence-corrected chi connectivity index (χ0v) is 8.86. The van der Waals surface area contributed by atoms with Crippen molar-refractivity contribution in [2.45, 2.75) is 45.3 Å². The van der Waals surface area contributed by atoms with Gasteiger partial charge in [0.05, 0.1) is 12.5 Å². The third-order valence-corrected chi connectivity index (χ3v) is 3.25. The first-order chi connectivity index (χ1) is 6.70. The SMILES string of the molecule is CCO[C@@H]1C[C@@H](C)C[C@H]2CC(=O)O[C@H]21. The highest BCUT2D eigenvalue weighted by molar-refractivity contribution is 5.72. The van der Waals surface area contributed by atoms with E-state index in [1.54, 1.807) is 0 Å². The van der Waals surface area contributed by atoms with Crippen LogP contribution >= 0.6 is 0 Å². The molecule has 0 aromatic carbocycles. The summed E-state index contributed by atoms with van der Waals surface area (Å²) in [5.74, 6) is 1.02. The molecule has 3 heteroatoms. The second-order valence-electron chi connectivity index (χ2n) is 4.49. The van der Waals surface area contributed by atoms with Gasteiger partial charge in [-0.15, -0.1) is 0 Å². The van der Waals surface area contributed by atoms with Gasteiger partial charge >= 0.3 is 5.97 Å². The van der Waals surface area contributed by atoms with Gasteiger partial charge in [0.15, 0.2) is 0 Å². The molecule has 80 valence electrons. The van der Waals surface area contributed by atoms with Gasteiger partial charge in [-0.3, -0.25) is 4.79 Å². The molecule has 2 rings (SSSR count). The summed E-state index contributed by atoms with van der Waals surface area (Å²) in [6.07, 6.45) is 2.92. The minimum absolute atomic E-state index is 0.0404. The second kappa shape index (κ2) is 3.89. The molecule has 0 spiro atoms. The van der Waals surface area contributed by atoms with E-state index in [1.165, 1.54) is 0 Å². The average Bonchev–Trinajstić information content (AvgIpc) is 2.45. The lowest BCUT2D eigenvalue weighted by molar-refractivity contribution is -0.150. The topological polar surface area (TPSA) is 35.5 Å². The lowest BCUT2D eigenvalue weighted by atomic mass is 9.78. The van der Waals surface area contributed by atoms with Gasteiger partial charge in [0.2, 0.25) is 0 Å². The van der Waals surface area contributed by atoms with Gasteiger partial charge in [0.1, 0.15) is 6.10 Å². The Morgan fingerprint density at radius 2 is 2.29 bits per heavy atom. The number of ether oxygens (including phenoxy) is 2. The predicted octanol–water partition coefficient (Wildman–Crippen LogP) is 1.75. The van der Waals surface area contributed by atoms with E-state index in [1.807, 2.05) is 6.92 Å². The van der Waals surface area contributed by atoms with Crippen molar-refractivity contribution >= 4 is 5.97 Å². The lowest BCUT2D eigenvalue weighted by Crippen LogP contribution is -2.40. The molecule has 1 aliphatic heterocycles. The van der Waals surface area contributed by atoms with Gasteiger partial charge < -0.3 is 9.47 Å². The van der Waals surface area contributed by atoms with Crippen LogP contribution in [0.25, 0.3) is 0 Å². The van der Waals surface area contributed by atoms with E-state index < -0.39 is 0 Å². The van der Waals surface area contributed by atoms with Crippen molar-refractivity contribution in [3.8, 4) is 0 Å². The largest absolute Gasteiger partial charge is 0.459 e. The molecule has 1 saturated carbocycles. The Hall–Kier alpha value is -0.570. The summed E-state index contributed by atoms with van der Waals surface area (Å²) in [4.78, 5) is 11.2. The van der Waals surface area contributed by atoms with Crippen LogP contribution in [0.1, 0.15) is 33.1 Å². The zero-order chi connectivity index (χ0) is 10.1. The Morgan fingerprint density at radius 1 is 1.50 bits per heavy atom. The molecule has 2 aliphatic rings. The van der Waals surface area contributed by atoms with Crippen LogP contribution in [0.4, 0.5) is 0 Å². The molecule has 14 heavy (non-hydrogen) atoms. The van der Waals surface area contributed by atoms with E-state index in [-0.39, 0.29) is 18.2 Å². The summed E-state index contributed by atoms with van der Waals surface area (Å²) in [5, 5.41) is 0. The number of carbonyl (C=O) groups excluding carboxylic acids is 1. The maximum absolute atomic E-state index is 11.2. The molecule has 0 aromatic heterocycles. The molecule has 0 radical (unpaired) electrons. The number of hydrogen-bond donors (Lipinski definition) is 0. The Morgan fingerprint density at radius 3 is 3.00 bits per heavy atom. The van der Waals surface area contributed by atoms with E-state index in [9.17, 15) is 4.79 Å². The fourth-order valence-corrected chi connectivity index (χ4v) is 2.74. The number of hydrogen-bond acceptors (Lipinski definition) is 3. The summed E-state index contributed by atoms with van der Waals surface area (Å²) in [6.45, 7) is 4.92. The lowest BCUT2D eigenvalue weighted by Gasteiger charge is -2.34. The van der Waals surface area contributed by atoms with Gasteiger partial charge in [0.25, 0.3) is 0 Å². The molecular formula is C11H18O3. The van der Waals surface area contributed by atoms with Crippen LogP contribution < -0.4 is 0 Å². The molecule has 0 aromatic rings. The van der Waals surface area contributed by atoms with Gasteiger partial charge in [-0.25, -0.2) is 0 Å². The maximum Gasteiger partial charge on any atom is 0.306 e. The molecule has 3 nitrogen and oxygen atoms in total. The minimum atomic E-state index is -0.0428. The second-order valence-corrected chi connectivity index (χ2v) is 4.49. The van der Waals surface area contributed by atoms with Crippen molar-refractivity contribution in [2.75, 3.05) is 6.61 Å². The molecule has 0 bridgehead atoms. The third kappa shape index (κ3) is 1.78. The fourth-order valence-electron chi connectivity index (χ4n) is 2.74. The van der Waals surface area contributed by atoms with Gasteiger partial charge in [-0.1, -0.05) is 6.92 Å². The smallest absolute Gasteiger partial charge is 0.306 e. The van der Waals surface area contributed by atoms with Gasteiger partial charge in [-0.2, -0.15) is 0 Å². The molecule has 4 atom stereocenters. The van der Waals surface area contributed by atoms with Crippen molar-refractivity contribution in [2.24, 2.45) is 11.8 Å². The molecule has 0 amide bonds. The summed E-state index contributed by atoms with van der Waals surface area (Å²) < 4.78 is 11.0. The molecule has 2 fully saturated rings. The van der Waals surface area contributed by atoms with Crippen LogP contribution in [0.5, 0.6) is 0 Å². The molecular weight excluding hydrogens is 180 g/mol. The van der Waals surface area contributed by atoms with Crippen molar-refractivity contribution in [1.29, 1.82) is 0 Å². The molecule has 1 aliphatic carbocycles. The van der Waals surface area contributed by atoms with E-state index in [4.69, 9.17) is 9.47 Å². The van der Waals surface area contributed by atoms with Crippen LogP contribution in [0.2, 0.25) is 0 Å². The minimum Gasteiger partial charge on any atom is -0.459 e. The number of esters is 1. The molecule has 0 N–H and O–H groups in total. The van der Waals surface area contributed by atoms with Gasteiger partial charge in [0, 0.05) is 12.5 Å². The van der Waals surface area contributed by atoms with E-state index >= 15 is 0 Å². The molecule has 1 saturated heterocycles. The fraction of sp³-hybridized carbons (Fsp3) is 0.909. The Bertz CT molecular complexity index is 227. The van der Waals surface area contributed by atoms with E-state index in [0.29, 0.717) is 24.9 Å². The van der Waals surface area contributed by atoms with Crippen LogP contribution in [0.3, 0.4) is 0 Å². The molecule has 0 unspecified atom stereocenters. The van der Waals surface area contributed by atoms with Crippen LogP contribution in [-0.2, 0) is 14.3 Å².